The van der Waals surface area contributed by atoms with Gasteiger partial charge in [-0.15, -0.1) is 0 Å². The average Bonchev–Trinajstić information content (AvgIpc) is 2.67. The lowest BCUT2D eigenvalue weighted by molar-refractivity contribution is 0.0696. The molecule has 1 saturated heterocycles. The SMILES string of the molecule is O=C(O)c1cccc(C2(F)CCOC2)c1. The molecule has 1 N–H and O–H groups in total. The van der Waals surface area contributed by atoms with Crippen molar-refractivity contribution in [2.24, 2.45) is 0 Å². The Morgan fingerprint density at radius 3 is 2.93 bits per heavy atom. The van der Waals surface area contributed by atoms with Crippen LogP contribution in [0, 0.1) is 0 Å². The maximum atomic E-state index is 14.2. The second kappa shape index (κ2) is 3.62. The lowest BCUT2D eigenvalue weighted by Crippen LogP contribution is -2.20. The Balaban J connectivity index is 2.36. The first kappa shape index (κ1) is 10.1. The molecule has 1 aromatic carbocycles. The summed E-state index contributed by atoms with van der Waals surface area (Å²) in [5.41, 5.74) is -1.03. The van der Waals surface area contributed by atoms with Gasteiger partial charge in [-0.3, -0.25) is 0 Å². The summed E-state index contributed by atoms with van der Waals surface area (Å²) in [5.74, 6) is -1.04. The third-order valence-corrected chi connectivity index (χ3v) is 2.60. The number of carboxylic acid groups (broad SMARTS) is 1. The lowest BCUT2D eigenvalue weighted by Gasteiger charge is -2.17. The molecule has 0 bridgehead atoms. The van der Waals surface area contributed by atoms with Crippen molar-refractivity contribution < 1.29 is 19.0 Å². The second-order valence-electron chi connectivity index (χ2n) is 3.65. The highest BCUT2D eigenvalue weighted by atomic mass is 19.1. The minimum absolute atomic E-state index is 0.00999. The van der Waals surface area contributed by atoms with E-state index in [0.29, 0.717) is 12.2 Å². The monoisotopic (exact) mass is 210 g/mol. The van der Waals surface area contributed by atoms with Crippen LogP contribution < -0.4 is 0 Å². The number of carbonyl (C=O) groups is 1. The maximum absolute atomic E-state index is 14.2. The Morgan fingerprint density at radius 1 is 1.53 bits per heavy atom. The number of rotatable bonds is 2. The quantitative estimate of drug-likeness (QED) is 0.811. The first-order chi connectivity index (χ1) is 7.12. The van der Waals surface area contributed by atoms with E-state index >= 15 is 0 Å². The summed E-state index contributed by atoms with van der Waals surface area (Å²) < 4.78 is 19.2. The van der Waals surface area contributed by atoms with Crippen molar-refractivity contribution in [1.29, 1.82) is 0 Å². The number of benzene rings is 1. The highest BCUT2D eigenvalue weighted by molar-refractivity contribution is 5.87. The zero-order chi connectivity index (χ0) is 10.9. The Hall–Kier alpha value is -1.42. The Labute approximate surface area is 86.5 Å². The number of halogens is 1. The van der Waals surface area contributed by atoms with Gasteiger partial charge in [-0.1, -0.05) is 12.1 Å². The topological polar surface area (TPSA) is 46.5 Å². The number of hydrogen-bond donors (Lipinski definition) is 1. The van der Waals surface area contributed by atoms with Crippen molar-refractivity contribution in [1.82, 2.24) is 0 Å². The third kappa shape index (κ3) is 1.85. The fraction of sp³-hybridized carbons (Fsp3) is 0.364. The van der Waals surface area contributed by atoms with E-state index in [1.54, 1.807) is 12.1 Å². The van der Waals surface area contributed by atoms with Crippen molar-refractivity contribution in [3.8, 4) is 0 Å². The predicted molar refractivity (Wildman–Crippen MR) is 51.6 cm³/mol. The predicted octanol–water partition coefficient (Wildman–Crippen LogP) is 1.97. The summed E-state index contributed by atoms with van der Waals surface area (Å²) in [4.78, 5) is 10.7. The van der Waals surface area contributed by atoms with E-state index in [0.717, 1.165) is 0 Å². The molecule has 1 aliphatic heterocycles. The molecule has 1 aromatic rings. The highest BCUT2D eigenvalue weighted by Crippen LogP contribution is 2.34. The molecule has 1 unspecified atom stereocenters. The van der Waals surface area contributed by atoms with Crippen molar-refractivity contribution in [2.75, 3.05) is 13.2 Å². The van der Waals surface area contributed by atoms with Gasteiger partial charge in [-0.25, -0.2) is 9.18 Å². The second-order valence-corrected chi connectivity index (χ2v) is 3.65. The zero-order valence-electron chi connectivity index (χ0n) is 8.07. The smallest absolute Gasteiger partial charge is 0.335 e. The Kier molecular flexibility index (Phi) is 2.44. The van der Waals surface area contributed by atoms with Crippen LogP contribution in [0.5, 0.6) is 0 Å². The number of ether oxygens (including phenoxy) is 1. The average molecular weight is 210 g/mol. The molecule has 0 saturated carbocycles. The summed E-state index contributed by atoms with van der Waals surface area (Å²) in [5, 5.41) is 8.78. The standard InChI is InChI=1S/C11H11FO3/c12-11(4-5-15-7-11)9-3-1-2-8(6-9)10(13)14/h1-3,6H,4-5,7H2,(H,13,14). The van der Waals surface area contributed by atoms with E-state index in [1.807, 2.05) is 0 Å². The van der Waals surface area contributed by atoms with Crippen molar-refractivity contribution in [3.63, 3.8) is 0 Å². The van der Waals surface area contributed by atoms with Gasteiger partial charge in [-0.05, 0) is 17.7 Å². The van der Waals surface area contributed by atoms with E-state index in [1.165, 1.54) is 12.1 Å². The van der Waals surface area contributed by atoms with Crippen molar-refractivity contribution in [2.45, 2.75) is 12.1 Å². The summed E-state index contributed by atoms with van der Waals surface area (Å²) in [6.07, 6.45) is 0.288. The van der Waals surface area contributed by atoms with Gasteiger partial charge in [0, 0.05) is 6.42 Å². The van der Waals surface area contributed by atoms with Crippen LogP contribution in [0.4, 0.5) is 4.39 Å². The molecule has 4 heteroatoms. The molecule has 1 fully saturated rings. The Bertz CT molecular complexity index is 383. The van der Waals surface area contributed by atoms with Gasteiger partial charge in [0.15, 0.2) is 5.67 Å². The molecule has 15 heavy (non-hydrogen) atoms. The van der Waals surface area contributed by atoms with Crippen LogP contribution in [-0.2, 0) is 10.4 Å². The summed E-state index contributed by atoms with van der Waals surface area (Å²) in [6.45, 7) is 0.393. The van der Waals surface area contributed by atoms with Crippen LogP contribution in [-0.4, -0.2) is 24.3 Å². The van der Waals surface area contributed by atoms with Crippen molar-refractivity contribution >= 4 is 5.97 Å². The molecule has 1 aliphatic rings. The van der Waals surface area contributed by atoms with Crippen LogP contribution in [0.3, 0.4) is 0 Å². The first-order valence-corrected chi connectivity index (χ1v) is 4.72. The highest BCUT2D eigenvalue weighted by Gasteiger charge is 2.36. The lowest BCUT2D eigenvalue weighted by atomic mass is 9.94. The number of aromatic carboxylic acids is 1. The number of carboxylic acids is 1. The summed E-state index contributed by atoms with van der Waals surface area (Å²) in [7, 11) is 0. The van der Waals surface area contributed by atoms with Crippen LogP contribution in [0.2, 0.25) is 0 Å². The van der Waals surface area contributed by atoms with E-state index in [4.69, 9.17) is 9.84 Å². The number of alkyl halides is 1. The fourth-order valence-corrected chi connectivity index (χ4v) is 1.70. The molecule has 0 spiro atoms. The van der Waals surface area contributed by atoms with Crippen LogP contribution in [0.15, 0.2) is 24.3 Å². The molecule has 80 valence electrons. The molecule has 0 amide bonds. The van der Waals surface area contributed by atoms with Crippen LogP contribution >= 0.6 is 0 Å². The van der Waals surface area contributed by atoms with Crippen molar-refractivity contribution in [3.05, 3.63) is 35.4 Å². The van der Waals surface area contributed by atoms with Crippen LogP contribution in [0.1, 0.15) is 22.3 Å². The molecule has 1 atom stereocenters. The Morgan fingerprint density at radius 2 is 2.33 bits per heavy atom. The van der Waals surface area contributed by atoms with Gasteiger partial charge in [0.2, 0.25) is 0 Å². The van der Waals surface area contributed by atoms with Gasteiger partial charge in [0.25, 0.3) is 0 Å². The molecular weight excluding hydrogens is 199 g/mol. The summed E-state index contributed by atoms with van der Waals surface area (Å²) >= 11 is 0. The minimum atomic E-state index is -1.52. The normalized spacial score (nSPS) is 25.4. The van der Waals surface area contributed by atoms with Gasteiger partial charge in [0.05, 0.1) is 18.8 Å². The maximum Gasteiger partial charge on any atom is 0.335 e. The molecular formula is C11H11FO3. The fourth-order valence-electron chi connectivity index (χ4n) is 1.70. The van der Waals surface area contributed by atoms with E-state index < -0.39 is 11.6 Å². The van der Waals surface area contributed by atoms with Crippen LogP contribution in [0.25, 0.3) is 0 Å². The molecule has 0 aliphatic carbocycles. The zero-order valence-corrected chi connectivity index (χ0v) is 8.07. The molecule has 2 rings (SSSR count). The molecule has 0 radical (unpaired) electrons. The summed E-state index contributed by atoms with van der Waals surface area (Å²) in [6, 6.07) is 5.97. The van der Waals surface area contributed by atoms with Gasteiger partial charge in [0.1, 0.15) is 0 Å². The van der Waals surface area contributed by atoms with E-state index in [9.17, 15) is 9.18 Å². The first-order valence-electron chi connectivity index (χ1n) is 4.72. The van der Waals surface area contributed by atoms with E-state index in [-0.39, 0.29) is 18.6 Å². The van der Waals surface area contributed by atoms with Gasteiger partial charge in [-0.2, -0.15) is 0 Å². The largest absolute Gasteiger partial charge is 0.478 e. The number of hydrogen-bond acceptors (Lipinski definition) is 2. The molecule has 1 heterocycles. The van der Waals surface area contributed by atoms with Gasteiger partial charge >= 0.3 is 5.97 Å². The molecule has 3 nitrogen and oxygen atoms in total. The van der Waals surface area contributed by atoms with Gasteiger partial charge < -0.3 is 9.84 Å². The third-order valence-electron chi connectivity index (χ3n) is 2.60. The molecule has 0 aromatic heterocycles. The van der Waals surface area contributed by atoms with E-state index in [2.05, 4.69) is 0 Å². The minimum Gasteiger partial charge on any atom is -0.478 e.